The van der Waals surface area contributed by atoms with Crippen LogP contribution in [0.2, 0.25) is 0 Å². The molecule has 0 spiro atoms. The third kappa shape index (κ3) is 1.36. The van der Waals surface area contributed by atoms with Gasteiger partial charge >= 0.3 is 0 Å². The lowest BCUT2D eigenvalue weighted by Crippen LogP contribution is -2.35. The van der Waals surface area contributed by atoms with Gasteiger partial charge in [-0.25, -0.2) is 0 Å². The van der Waals surface area contributed by atoms with Crippen molar-refractivity contribution in [2.24, 2.45) is 0 Å². The van der Waals surface area contributed by atoms with Crippen molar-refractivity contribution in [2.45, 2.75) is 19.6 Å². The standard InChI is InChI=1S/C6H11NO2/c1-6(2)7-5(3-8)4-9-6/h4,7-8H,3H2,1-2H3. The lowest BCUT2D eigenvalue weighted by Gasteiger charge is -2.18. The van der Waals surface area contributed by atoms with E-state index in [1.165, 1.54) is 0 Å². The molecule has 0 unspecified atom stereocenters. The Morgan fingerprint density at radius 1 is 1.78 bits per heavy atom. The van der Waals surface area contributed by atoms with E-state index in [1.807, 2.05) is 13.8 Å². The third-order valence-electron chi connectivity index (χ3n) is 1.13. The third-order valence-corrected chi connectivity index (χ3v) is 1.13. The number of hydrogen-bond acceptors (Lipinski definition) is 3. The molecular formula is C6H11NO2. The fourth-order valence-corrected chi connectivity index (χ4v) is 0.741. The first-order valence-electron chi connectivity index (χ1n) is 2.90. The van der Waals surface area contributed by atoms with E-state index in [1.54, 1.807) is 6.26 Å². The van der Waals surface area contributed by atoms with Crippen molar-refractivity contribution in [3.8, 4) is 0 Å². The summed E-state index contributed by atoms with van der Waals surface area (Å²) in [6, 6.07) is 0. The first-order valence-corrected chi connectivity index (χ1v) is 2.90. The molecule has 3 heteroatoms. The van der Waals surface area contributed by atoms with E-state index in [0.29, 0.717) is 0 Å². The summed E-state index contributed by atoms with van der Waals surface area (Å²) in [7, 11) is 0. The van der Waals surface area contributed by atoms with Crippen molar-refractivity contribution in [3.05, 3.63) is 12.0 Å². The summed E-state index contributed by atoms with van der Waals surface area (Å²) in [6.45, 7) is 3.81. The van der Waals surface area contributed by atoms with Gasteiger partial charge in [-0.05, 0) is 13.8 Å². The van der Waals surface area contributed by atoms with E-state index in [-0.39, 0.29) is 12.3 Å². The van der Waals surface area contributed by atoms with E-state index in [2.05, 4.69) is 5.32 Å². The van der Waals surface area contributed by atoms with Gasteiger partial charge in [0.2, 0.25) is 0 Å². The highest BCUT2D eigenvalue weighted by Crippen LogP contribution is 2.14. The van der Waals surface area contributed by atoms with Gasteiger partial charge in [0, 0.05) is 0 Å². The molecule has 2 N–H and O–H groups in total. The summed E-state index contributed by atoms with van der Waals surface area (Å²) in [4.78, 5) is 0. The summed E-state index contributed by atoms with van der Waals surface area (Å²) in [5, 5.41) is 11.6. The van der Waals surface area contributed by atoms with Gasteiger partial charge in [0.25, 0.3) is 0 Å². The van der Waals surface area contributed by atoms with Crippen LogP contribution in [-0.4, -0.2) is 17.4 Å². The van der Waals surface area contributed by atoms with Crippen LogP contribution in [0.3, 0.4) is 0 Å². The van der Waals surface area contributed by atoms with Crippen LogP contribution in [-0.2, 0) is 4.74 Å². The Balaban J connectivity index is 2.50. The summed E-state index contributed by atoms with van der Waals surface area (Å²) < 4.78 is 5.11. The van der Waals surface area contributed by atoms with Crippen molar-refractivity contribution in [1.29, 1.82) is 0 Å². The van der Waals surface area contributed by atoms with Crippen molar-refractivity contribution in [3.63, 3.8) is 0 Å². The summed E-state index contributed by atoms with van der Waals surface area (Å²) in [6.07, 6.45) is 1.54. The van der Waals surface area contributed by atoms with E-state index in [9.17, 15) is 0 Å². The second-order valence-electron chi connectivity index (χ2n) is 2.55. The van der Waals surface area contributed by atoms with Crippen LogP contribution in [0.5, 0.6) is 0 Å². The monoisotopic (exact) mass is 129 g/mol. The number of aliphatic hydroxyl groups excluding tert-OH is 1. The number of nitrogens with one attached hydrogen (secondary N) is 1. The molecule has 0 atom stereocenters. The molecule has 3 nitrogen and oxygen atoms in total. The smallest absolute Gasteiger partial charge is 0.174 e. The van der Waals surface area contributed by atoms with E-state index in [4.69, 9.17) is 9.84 Å². The molecule has 1 aliphatic rings. The molecule has 1 heterocycles. The van der Waals surface area contributed by atoms with Crippen molar-refractivity contribution < 1.29 is 9.84 Å². The number of aliphatic hydroxyl groups is 1. The minimum atomic E-state index is -0.335. The molecule has 0 fully saturated rings. The molecular weight excluding hydrogens is 118 g/mol. The van der Waals surface area contributed by atoms with Gasteiger partial charge in [-0.1, -0.05) is 0 Å². The zero-order chi connectivity index (χ0) is 6.91. The fraction of sp³-hybridized carbons (Fsp3) is 0.667. The average Bonchev–Trinajstić information content (AvgIpc) is 2.10. The van der Waals surface area contributed by atoms with E-state index >= 15 is 0 Å². The number of hydrogen-bond donors (Lipinski definition) is 2. The van der Waals surface area contributed by atoms with Crippen molar-refractivity contribution in [2.75, 3.05) is 6.61 Å². The van der Waals surface area contributed by atoms with Crippen LogP contribution >= 0.6 is 0 Å². The maximum Gasteiger partial charge on any atom is 0.174 e. The highest BCUT2D eigenvalue weighted by Gasteiger charge is 2.23. The Kier molecular flexibility index (Phi) is 1.37. The van der Waals surface area contributed by atoms with Gasteiger partial charge in [-0.15, -0.1) is 0 Å². The summed E-state index contributed by atoms with van der Waals surface area (Å²) in [5.41, 5.74) is 0.401. The van der Waals surface area contributed by atoms with E-state index in [0.717, 1.165) is 5.70 Å². The molecule has 0 aromatic carbocycles. The molecule has 0 saturated heterocycles. The number of ether oxygens (including phenoxy) is 1. The van der Waals surface area contributed by atoms with Gasteiger partial charge in [-0.2, -0.15) is 0 Å². The molecule has 0 amide bonds. The maximum absolute atomic E-state index is 8.59. The van der Waals surface area contributed by atoms with Gasteiger partial charge in [0.1, 0.15) is 6.26 Å². The molecule has 9 heavy (non-hydrogen) atoms. The predicted molar refractivity (Wildman–Crippen MR) is 33.5 cm³/mol. The van der Waals surface area contributed by atoms with E-state index < -0.39 is 0 Å². The van der Waals surface area contributed by atoms with Crippen molar-refractivity contribution >= 4 is 0 Å². The van der Waals surface area contributed by atoms with Crippen LogP contribution in [0.25, 0.3) is 0 Å². The zero-order valence-electron chi connectivity index (χ0n) is 5.64. The van der Waals surface area contributed by atoms with Gasteiger partial charge in [0.15, 0.2) is 5.72 Å². The Morgan fingerprint density at radius 3 is 2.67 bits per heavy atom. The Hall–Kier alpha value is -0.700. The SMILES string of the molecule is CC1(C)NC(CO)=CO1. The van der Waals surface area contributed by atoms with Crippen LogP contribution in [0, 0.1) is 0 Å². The lowest BCUT2D eigenvalue weighted by molar-refractivity contribution is 0.0614. The Labute approximate surface area is 54.3 Å². The average molecular weight is 129 g/mol. The molecule has 1 rings (SSSR count). The van der Waals surface area contributed by atoms with Crippen LogP contribution in [0.15, 0.2) is 12.0 Å². The molecule has 0 radical (unpaired) electrons. The quantitative estimate of drug-likeness (QED) is 0.530. The highest BCUT2D eigenvalue weighted by atomic mass is 16.5. The first-order chi connectivity index (χ1) is 4.14. The first kappa shape index (κ1) is 6.42. The topological polar surface area (TPSA) is 41.5 Å². The normalized spacial score (nSPS) is 22.3. The maximum atomic E-state index is 8.59. The molecule has 0 saturated carbocycles. The second kappa shape index (κ2) is 1.92. The zero-order valence-corrected chi connectivity index (χ0v) is 5.64. The summed E-state index contributed by atoms with van der Waals surface area (Å²) >= 11 is 0. The Morgan fingerprint density at radius 2 is 2.44 bits per heavy atom. The fourth-order valence-electron chi connectivity index (χ4n) is 0.741. The molecule has 0 aliphatic carbocycles. The lowest BCUT2D eigenvalue weighted by atomic mass is 10.3. The molecule has 52 valence electrons. The predicted octanol–water partition coefficient (Wildman–Crippen LogP) is 0.176. The number of rotatable bonds is 1. The molecule has 1 aliphatic heterocycles. The van der Waals surface area contributed by atoms with Gasteiger partial charge in [0.05, 0.1) is 12.3 Å². The largest absolute Gasteiger partial charge is 0.475 e. The van der Waals surface area contributed by atoms with Crippen LogP contribution in [0.1, 0.15) is 13.8 Å². The minimum absolute atomic E-state index is 0.0173. The minimum Gasteiger partial charge on any atom is -0.475 e. The molecule has 0 bridgehead atoms. The molecule has 0 aromatic rings. The van der Waals surface area contributed by atoms with Gasteiger partial charge in [-0.3, -0.25) is 0 Å². The highest BCUT2D eigenvalue weighted by molar-refractivity contribution is 5.03. The summed E-state index contributed by atoms with van der Waals surface area (Å²) in [5.74, 6) is 0. The van der Waals surface area contributed by atoms with Crippen LogP contribution in [0.4, 0.5) is 0 Å². The Bertz CT molecular complexity index is 140. The van der Waals surface area contributed by atoms with Crippen LogP contribution < -0.4 is 5.32 Å². The van der Waals surface area contributed by atoms with Crippen molar-refractivity contribution in [1.82, 2.24) is 5.32 Å². The molecule has 0 aromatic heterocycles. The second-order valence-corrected chi connectivity index (χ2v) is 2.55. The van der Waals surface area contributed by atoms with Gasteiger partial charge < -0.3 is 15.2 Å².